The molecular formula is C16H16FNO. The number of nitrogens with one attached hydrogen (secondary N) is 1. The molecule has 0 unspecified atom stereocenters. The van der Waals surface area contributed by atoms with E-state index in [1.807, 2.05) is 24.3 Å². The van der Waals surface area contributed by atoms with E-state index in [4.69, 9.17) is 0 Å². The molecule has 3 rings (SSSR count). The second kappa shape index (κ2) is 4.67. The summed E-state index contributed by atoms with van der Waals surface area (Å²) in [6.45, 7) is 1.77. The molecule has 2 nitrogen and oxygen atoms in total. The molecule has 1 fully saturated rings. The molecule has 19 heavy (non-hydrogen) atoms. The maximum atomic E-state index is 13.0. The summed E-state index contributed by atoms with van der Waals surface area (Å²) in [5.74, 6) is 0.0857. The highest BCUT2D eigenvalue weighted by Crippen LogP contribution is 2.33. The van der Waals surface area contributed by atoms with Gasteiger partial charge in [0.25, 0.3) is 0 Å². The minimum atomic E-state index is -0.205. The number of rotatable bonds is 3. The first-order valence-corrected chi connectivity index (χ1v) is 6.43. The van der Waals surface area contributed by atoms with Gasteiger partial charge in [-0.2, -0.15) is 0 Å². The smallest absolute Gasteiger partial charge is 0.123 e. The average Bonchev–Trinajstić information content (AvgIpc) is 2.35. The zero-order valence-corrected chi connectivity index (χ0v) is 10.6. The molecule has 2 aromatic carbocycles. The van der Waals surface area contributed by atoms with E-state index < -0.39 is 0 Å². The summed E-state index contributed by atoms with van der Waals surface area (Å²) in [5.41, 5.74) is 2.27. The molecular weight excluding hydrogens is 241 g/mol. The molecule has 0 aromatic heterocycles. The third-order valence-corrected chi connectivity index (χ3v) is 3.84. The van der Waals surface area contributed by atoms with Crippen LogP contribution in [0.2, 0.25) is 0 Å². The van der Waals surface area contributed by atoms with Gasteiger partial charge in [0, 0.05) is 18.5 Å². The average molecular weight is 257 g/mol. The molecule has 2 N–H and O–H groups in total. The largest absolute Gasteiger partial charge is 0.508 e. The van der Waals surface area contributed by atoms with Crippen LogP contribution in [0.3, 0.4) is 0 Å². The van der Waals surface area contributed by atoms with E-state index in [1.54, 1.807) is 12.1 Å². The molecule has 98 valence electrons. The van der Waals surface area contributed by atoms with Gasteiger partial charge in [0.05, 0.1) is 0 Å². The molecule has 1 aliphatic heterocycles. The summed E-state index contributed by atoms with van der Waals surface area (Å²) in [4.78, 5) is 0. The van der Waals surface area contributed by atoms with E-state index in [-0.39, 0.29) is 11.2 Å². The molecule has 1 aliphatic rings. The van der Waals surface area contributed by atoms with Crippen LogP contribution in [0.4, 0.5) is 4.39 Å². The van der Waals surface area contributed by atoms with Crippen molar-refractivity contribution in [2.75, 3.05) is 13.1 Å². The Morgan fingerprint density at radius 2 is 1.84 bits per heavy atom. The van der Waals surface area contributed by atoms with Crippen molar-refractivity contribution in [2.45, 2.75) is 11.8 Å². The Bertz CT molecular complexity index is 576. The van der Waals surface area contributed by atoms with E-state index in [1.165, 1.54) is 12.1 Å². The van der Waals surface area contributed by atoms with Crippen LogP contribution < -0.4 is 5.32 Å². The highest BCUT2D eigenvalue weighted by molar-refractivity contribution is 5.36. The summed E-state index contributed by atoms with van der Waals surface area (Å²) < 4.78 is 13.0. The Morgan fingerprint density at radius 3 is 2.42 bits per heavy atom. The van der Waals surface area contributed by atoms with Crippen LogP contribution in [0.25, 0.3) is 0 Å². The fourth-order valence-electron chi connectivity index (χ4n) is 2.72. The third kappa shape index (κ3) is 2.34. The molecule has 1 heterocycles. The summed E-state index contributed by atoms with van der Waals surface area (Å²) in [6, 6.07) is 14.1. The maximum absolute atomic E-state index is 13.0. The molecule has 0 atom stereocenters. The molecule has 1 saturated heterocycles. The second-order valence-electron chi connectivity index (χ2n) is 5.24. The van der Waals surface area contributed by atoms with Crippen LogP contribution >= 0.6 is 0 Å². The van der Waals surface area contributed by atoms with Crippen LogP contribution in [0.1, 0.15) is 11.1 Å². The Balaban J connectivity index is 1.89. The van der Waals surface area contributed by atoms with Crippen molar-refractivity contribution in [3.05, 3.63) is 65.5 Å². The molecule has 2 aromatic rings. The van der Waals surface area contributed by atoms with E-state index in [9.17, 15) is 9.50 Å². The van der Waals surface area contributed by atoms with Gasteiger partial charge in [-0.3, -0.25) is 0 Å². The second-order valence-corrected chi connectivity index (χ2v) is 5.24. The fraction of sp³-hybridized carbons (Fsp3) is 0.250. The molecule has 0 saturated carbocycles. The van der Waals surface area contributed by atoms with E-state index >= 15 is 0 Å². The van der Waals surface area contributed by atoms with Crippen LogP contribution in [0, 0.1) is 5.82 Å². The SMILES string of the molecule is Oc1cccc(CC2(c3ccc(F)cc3)CNC2)c1. The van der Waals surface area contributed by atoms with Gasteiger partial charge in [0.2, 0.25) is 0 Å². The Hall–Kier alpha value is -1.87. The lowest BCUT2D eigenvalue weighted by Gasteiger charge is -2.43. The van der Waals surface area contributed by atoms with Crippen molar-refractivity contribution >= 4 is 0 Å². The topological polar surface area (TPSA) is 32.3 Å². The number of hydrogen-bond acceptors (Lipinski definition) is 2. The molecule has 3 heteroatoms. The fourth-order valence-corrected chi connectivity index (χ4v) is 2.72. The Labute approximate surface area is 111 Å². The number of phenolic OH excluding ortho intramolecular Hbond substituents is 1. The van der Waals surface area contributed by atoms with Crippen molar-refractivity contribution in [1.29, 1.82) is 0 Å². The maximum Gasteiger partial charge on any atom is 0.123 e. The first kappa shape index (κ1) is 12.2. The first-order chi connectivity index (χ1) is 9.18. The standard InChI is InChI=1S/C16H16FNO/c17-14-6-4-13(5-7-14)16(10-18-11-16)9-12-2-1-3-15(19)8-12/h1-8,18-19H,9-11H2. The number of halogens is 1. The van der Waals surface area contributed by atoms with Gasteiger partial charge < -0.3 is 10.4 Å². The van der Waals surface area contributed by atoms with Gasteiger partial charge in [0.1, 0.15) is 11.6 Å². The summed E-state index contributed by atoms with van der Waals surface area (Å²) >= 11 is 0. The van der Waals surface area contributed by atoms with Crippen LogP contribution in [-0.4, -0.2) is 18.2 Å². The predicted molar refractivity (Wildman–Crippen MR) is 72.8 cm³/mol. The minimum absolute atomic E-state index is 0.0154. The van der Waals surface area contributed by atoms with Gasteiger partial charge in [-0.15, -0.1) is 0 Å². The number of hydrogen-bond donors (Lipinski definition) is 2. The number of benzene rings is 2. The summed E-state index contributed by atoms with van der Waals surface area (Å²) in [7, 11) is 0. The molecule has 0 spiro atoms. The van der Waals surface area contributed by atoms with Crippen molar-refractivity contribution in [1.82, 2.24) is 5.32 Å². The van der Waals surface area contributed by atoms with E-state index in [0.717, 1.165) is 30.6 Å². The van der Waals surface area contributed by atoms with Gasteiger partial charge in [-0.05, 0) is 41.8 Å². The van der Waals surface area contributed by atoms with Crippen molar-refractivity contribution in [2.24, 2.45) is 0 Å². The van der Waals surface area contributed by atoms with Gasteiger partial charge in [0.15, 0.2) is 0 Å². The lowest BCUT2D eigenvalue weighted by atomic mass is 9.71. The zero-order chi connectivity index (χ0) is 13.3. The van der Waals surface area contributed by atoms with Crippen molar-refractivity contribution < 1.29 is 9.50 Å². The van der Waals surface area contributed by atoms with Gasteiger partial charge >= 0.3 is 0 Å². The minimum Gasteiger partial charge on any atom is -0.508 e. The molecule has 0 bridgehead atoms. The van der Waals surface area contributed by atoms with E-state index in [2.05, 4.69) is 5.32 Å². The third-order valence-electron chi connectivity index (χ3n) is 3.84. The van der Waals surface area contributed by atoms with Gasteiger partial charge in [-0.25, -0.2) is 4.39 Å². The highest BCUT2D eigenvalue weighted by atomic mass is 19.1. The first-order valence-electron chi connectivity index (χ1n) is 6.43. The summed E-state index contributed by atoms with van der Waals surface area (Å²) in [5, 5.41) is 12.8. The normalized spacial score (nSPS) is 16.9. The lowest BCUT2D eigenvalue weighted by molar-refractivity contribution is 0.274. The Morgan fingerprint density at radius 1 is 1.11 bits per heavy atom. The van der Waals surface area contributed by atoms with Crippen LogP contribution in [0.5, 0.6) is 5.75 Å². The van der Waals surface area contributed by atoms with Crippen molar-refractivity contribution in [3.8, 4) is 5.75 Å². The number of aromatic hydroxyl groups is 1. The van der Waals surface area contributed by atoms with Crippen LogP contribution in [-0.2, 0) is 11.8 Å². The lowest BCUT2D eigenvalue weighted by Crippen LogP contribution is -2.58. The molecule has 0 aliphatic carbocycles. The zero-order valence-electron chi connectivity index (χ0n) is 10.6. The monoisotopic (exact) mass is 257 g/mol. The van der Waals surface area contributed by atoms with Crippen LogP contribution in [0.15, 0.2) is 48.5 Å². The molecule has 0 radical (unpaired) electrons. The summed E-state index contributed by atoms with van der Waals surface area (Å²) in [6.07, 6.45) is 0.847. The predicted octanol–water partition coefficient (Wildman–Crippen LogP) is 2.62. The van der Waals surface area contributed by atoms with Crippen molar-refractivity contribution in [3.63, 3.8) is 0 Å². The van der Waals surface area contributed by atoms with E-state index in [0.29, 0.717) is 5.75 Å². The Kier molecular flexibility index (Phi) is 2.99. The van der Waals surface area contributed by atoms with Gasteiger partial charge in [-0.1, -0.05) is 24.3 Å². The highest BCUT2D eigenvalue weighted by Gasteiger charge is 2.38. The number of phenols is 1. The molecule has 0 amide bonds. The quantitative estimate of drug-likeness (QED) is 0.886.